The Morgan fingerprint density at radius 2 is 1.56 bits per heavy atom. The van der Waals surface area contributed by atoms with Gasteiger partial charge >= 0.3 is 0 Å². The Morgan fingerprint density at radius 1 is 0.926 bits per heavy atom. The van der Waals surface area contributed by atoms with Crippen molar-refractivity contribution in [3.8, 4) is 11.4 Å². The molecule has 1 N–H and O–H groups in total. The van der Waals surface area contributed by atoms with Crippen molar-refractivity contribution < 1.29 is 4.79 Å². The van der Waals surface area contributed by atoms with Crippen LogP contribution < -0.4 is 5.32 Å². The van der Waals surface area contributed by atoms with Gasteiger partial charge in [0.25, 0.3) is 0 Å². The summed E-state index contributed by atoms with van der Waals surface area (Å²) in [5.74, 6) is 1.02. The summed E-state index contributed by atoms with van der Waals surface area (Å²) < 4.78 is 0. The number of aromatic nitrogens is 2. The molecular weight excluding hydrogens is 354 g/mol. The van der Waals surface area contributed by atoms with Crippen molar-refractivity contribution in [3.63, 3.8) is 0 Å². The fraction of sp³-hybridized carbons (Fsp3) is 0.227. The molecule has 0 atom stereocenters. The maximum absolute atomic E-state index is 12.2. The Balaban J connectivity index is 1.59. The van der Waals surface area contributed by atoms with Crippen LogP contribution in [0.5, 0.6) is 0 Å². The van der Waals surface area contributed by atoms with E-state index in [0.717, 1.165) is 21.8 Å². The number of carbonyl (C=O) groups is 1. The molecule has 0 aliphatic carbocycles. The fourth-order valence-corrected chi connectivity index (χ4v) is 3.33. The van der Waals surface area contributed by atoms with E-state index in [0.29, 0.717) is 18.1 Å². The van der Waals surface area contributed by atoms with E-state index in [1.54, 1.807) is 0 Å². The van der Waals surface area contributed by atoms with Gasteiger partial charge in [-0.05, 0) is 32.4 Å². The van der Waals surface area contributed by atoms with E-state index in [1.165, 1.54) is 22.9 Å². The first-order valence-electron chi connectivity index (χ1n) is 8.87. The van der Waals surface area contributed by atoms with E-state index < -0.39 is 0 Å². The van der Waals surface area contributed by atoms with Gasteiger partial charge in [0.05, 0.1) is 5.75 Å². The maximum atomic E-state index is 12.2. The van der Waals surface area contributed by atoms with Crippen LogP contribution in [-0.4, -0.2) is 21.6 Å². The molecule has 0 spiro atoms. The maximum Gasteiger partial charge on any atom is 0.230 e. The summed E-state index contributed by atoms with van der Waals surface area (Å²) in [6.45, 7) is 6.59. The predicted molar refractivity (Wildman–Crippen MR) is 111 cm³/mol. The van der Waals surface area contributed by atoms with Gasteiger partial charge in [-0.1, -0.05) is 71.4 Å². The Morgan fingerprint density at radius 3 is 2.22 bits per heavy atom. The third-order valence-corrected chi connectivity index (χ3v) is 5.01. The molecule has 138 valence electrons. The number of aryl methyl sites for hydroxylation is 3. The van der Waals surface area contributed by atoms with E-state index in [2.05, 4.69) is 22.2 Å². The van der Waals surface area contributed by atoms with Gasteiger partial charge in [-0.2, -0.15) is 0 Å². The highest BCUT2D eigenvalue weighted by Gasteiger charge is 2.08. The van der Waals surface area contributed by atoms with Crippen molar-refractivity contribution in [2.45, 2.75) is 32.3 Å². The van der Waals surface area contributed by atoms with Crippen LogP contribution >= 0.6 is 11.8 Å². The van der Waals surface area contributed by atoms with Gasteiger partial charge in [0, 0.05) is 17.8 Å². The summed E-state index contributed by atoms with van der Waals surface area (Å²) >= 11 is 1.43. The molecule has 0 fully saturated rings. The molecule has 0 aliphatic heterocycles. The summed E-state index contributed by atoms with van der Waals surface area (Å²) in [5.41, 5.74) is 5.38. The van der Waals surface area contributed by atoms with Gasteiger partial charge in [0.2, 0.25) is 5.91 Å². The zero-order valence-electron chi connectivity index (χ0n) is 15.8. The Bertz CT molecular complexity index is 921. The molecule has 27 heavy (non-hydrogen) atoms. The van der Waals surface area contributed by atoms with E-state index in [1.807, 2.05) is 68.4 Å². The number of hydrogen-bond acceptors (Lipinski definition) is 4. The SMILES string of the molecule is Cc1ccc(CNC(=O)CSc2cc(C)nc(-c3ccc(C)cc3)n2)cc1. The van der Waals surface area contributed by atoms with Gasteiger partial charge in [0.1, 0.15) is 5.03 Å². The molecule has 0 radical (unpaired) electrons. The average Bonchev–Trinajstić information content (AvgIpc) is 2.66. The van der Waals surface area contributed by atoms with Crippen molar-refractivity contribution in [1.82, 2.24) is 15.3 Å². The van der Waals surface area contributed by atoms with Crippen LogP contribution in [0.15, 0.2) is 59.6 Å². The number of rotatable bonds is 6. The van der Waals surface area contributed by atoms with Crippen molar-refractivity contribution in [2.75, 3.05) is 5.75 Å². The molecule has 1 heterocycles. The normalized spacial score (nSPS) is 10.6. The zero-order valence-corrected chi connectivity index (χ0v) is 16.6. The summed E-state index contributed by atoms with van der Waals surface area (Å²) in [6.07, 6.45) is 0. The predicted octanol–water partition coefficient (Wildman–Crippen LogP) is 4.48. The van der Waals surface area contributed by atoms with Crippen molar-refractivity contribution in [2.24, 2.45) is 0 Å². The molecule has 4 nitrogen and oxygen atoms in total. The highest BCUT2D eigenvalue weighted by Crippen LogP contribution is 2.22. The lowest BCUT2D eigenvalue weighted by molar-refractivity contribution is -0.118. The number of thioether (sulfide) groups is 1. The lowest BCUT2D eigenvalue weighted by Gasteiger charge is -2.08. The van der Waals surface area contributed by atoms with Crippen LogP contribution in [0.4, 0.5) is 0 Å². The molecule has 2 aromatic carbocycles. The second kappa shape index (κ2) is 8.82. The molecule has 3 rings (SSSR count). The third kappa shape index (κ3) is 5.66. The van der Waals surface area contributed by atoms with Crippen molar-refractivity contribution in [3.05, 3.63) is 77.0 Å². The highest BCUT2D eigenvalue weighted by atomic mass is 32.2. The van der Waals surface area contributed by atoms with Crippen LogP contribution in [0.3, 0.4) is 0 Å². The zero-order chi connectivity index (χ0) is 19.2. The van der Waals surface area contributed by atoms with E-state index in [9.17, 15) is 4.79 Å². The first-order chi connectivity index (χ1) is 13.0. The summed E-state index contributed by atoms with van der Waals surface area (Å²) in [6, 6.07) is 18.2. The second-order valence-corrected chi connectivity index (χ2v) is 7.58. The van der Waals surface area contributed by atoms with E-state index in [-0.39, 0.29) is 5.91 Å². The van der Waals surface area contributed by atoms with Crippen LogP contribution in [-0.2, 0) is 11.3 Å². The fourth-order valence-electron chi connectivity index (χ4n) is 2.54. The topological polar surface area (TPSA) is 54.9 Å². The van der Waals surface area contributed by atoms with Crippen LogP contribution in [0.2, 0.25) is 0 Å². The first-order valence-corrected chi connectivity index (χ1v) is 9.86. The van der Waals surface area contributed by atoms with Gasteiger partial charge in [-0.25, -0.2) is 9.97 Å². The van der Waals surface area contributed by atoms with Gasteiger partial charge in [-0.15, -0.1) is 0 Å². The van der Waals surface area contributed by atoms with Crippen LogP contribution in [0.1, 0.15) is 22.4 Å². The Labute approximate surface area is 164 Å². The minimum atomic E-state index is -0.00581. The third-order valence-electron chi connectivity index (χ3n) is 4.10. The van der Waals surface area contributed by atoms with Crippen LogP contribution in [0.25, 0.3) is 11.4 Å². The highest BCUT2D eigenvalue weighted by molar-refractivity contribution is 7.99. The molecule has 3 aromatic rings. The lowest BCUT2D eigenvalue weighted by atomic mass is 10.1. The molecule has 0 aliphatic rings. The standard InChI is InChI=1S/C22H23N3OS/c1-15-4-8-18(9-5-15)13-23-20(26)14-27-21-12-17(3)24-22(25-21)19-10-6-16(2)7-11-19/h4-12H,13-14H2,1-3H3,(H,23,26). The van der Waals surface area contributed by atoms with Crippen molar-refractivity contribution >= 4 is 17.7 Å². The summed E-state index contributed by atoms with van der Waals surface area (Å²) in [4.78, 5) is 21.3. The monoisotopic (exact) mass is 377 g/mol. The molecule has 5 heteroatoms. The minimum Gasteiger partial charge on any atom is -0.351 e. The van der Waals surface area contributed by atoms with Gasteiger partial charge in [-0.3, -0.25) is 4.79 Å². The summed E-state index contributed by atoms with van der Waals surface area (Å²) in [5, 5.41) is 3.76. The largest absolute Gasteiger partial charge is 0.351 e. The molecular formula is C22H23N3OS. The molecule has 0 saturated heterocycles. The van der Waals surface area contributed by atoms with E-state index in [4.69, 9.17) is 0 Å². The minimum absolute atomic E-state index is 0.00581. The Hall–Kier alpha value is -2.66. The number of amides is 1. The number of carbonyl (C=O) groups excluding carboxylic acids is 1. The second-order valence-electron chi connectivity index (χ2n) is 6.59. The number of nitrogens with one attached hydrogen (secondary N) is 1. The smallest absolute Gasteiger partial charge is 0.230 e. The average molecular weight is 378 g/mol. The van der Waals surface area contributed by atoms with Gasteiger partial charge in [0.15, 0.2) is 5.82 Å². The lowest BCUT2D eigenvalue weighted by Crippen LogP contribution is -2.24. The molecule has 1 amide bonds. The van der Waals surface area contributed by atoms with E-state index >= 15 is 0 Å². The quantitative estimate of drug-likeness (QED) is 0.508. The number of nitrogens with zero attached hydrogens (tertiary/aromatic N) is 2. The molecule has 0 bridgehead atoms. The Kier molecular flexibility index (Phi) is 6.24. The number of hydrogen-bond donors (Lipinski definition) is 1. The summed E-state index contributed by atoms with van der Waals surface area (Å²) in [7, 11) is 0. The molecule has 0 saturated carbocycles. The van der Waals surface area contributed by atoms with Crippen molar-refractivity contribution in [1.29, 1.82) is 0 Å². The van der Waals surface area contributed by atoms with Crippen LogP contribution in [0, 0.1) is 20.8 Å². The first kappa shape index (κ1) is 19.1. The molecule has 0 unspecified atom stereocenters. The number of benzene rings is 2. The molecule has 1 aromatic heterocycles. The van der Waals surface area contributed by atoms with Gasteiger partial charge < -0.3 is 5.32 Å².